The maximum Gasteiger partial charge on any atom is 0.399 e. The Bertz CT molecular complexity index is 1120. The molecule has 0 fully saturated rings. The van der Waals surface area contributed by atoms with Gasteiger partial charge < -0.3 is 20.4 Å². The van der Waals surface area contributed by atoms with Crippen LogP contribution in [0.4, 0.5) is 20.2 Å². The summed E-state index contributed by atoms with van der Waals surface area (Å²) in [6.07, 6.45) is 2.00. The fraction of sp³-hybridized carbons (Fsp3) is 0.150. The fourth-order valence-corrected chi connectivity index (χ4v) is 4.83. The molecule has 2 aromatic carbocycles. The standard InChI is InChI=1S/C20H17BrF2N3O3P/c21-15-11-13(8-9-14(15)20(22,23)30(27,28)29)12-19(18-7-3-4-10-24-18)25-16-5-1-2-6-17(16)26-19/h1-11,25-26H,12H2,(H2,27,28,29). The molecule has 30 heavy (non-hydrogen) atoms. The zero-order chi connectivity index (χ0) is 21.6. The highest BCUT2D eigenvalue weighted by Crippen LogP contribution is 2.60. The van der Waals surface area contributed by atoms with E-state index in [0.29, 0.717) is 17.7 Å². The van der Waals surface area contributed by atoms with Gasteiger partial charge in [0, 0.05) is 22.7 Å². The summed E-state index contributed by atoms with van der Waals surface area (Å²) in [6, 6.07) is 17.1. The Kier molecular flexibility index (Phi) is 5.18. The highest BCUT2D eigenvalue weighted by Gasteiger charge is 2.51. The topological polar surface area (TPSA) is 94.5 Å². The monoisotopic (exact) mass is 495 g/mol. The number of nitrogens with one attached hydrogen (secondary N) is 2. The molecule has 0 spiro atoms. The molecule has 6 nitrogen and oxygen atoms in total. The number of benzene rings is 2. The lowest BCUT2D eigenvalue weighted by Gasteiger charge is -2.31. The molecule has 1 aliphatic heterocycles. The number of rotatable bonds is 5. The Morgan fingerprint density at radius 2 is 1.67 bits per heavy atom. The third kappa shape index (κ3) is 3.63. The van der Waals surface area contributed by atoms with E-state index in [1.54, 1.807) is 12.3 Å². The van der Waals surface area contributed by atoms with E-state index < -0.39 is 24.5 Å². The molecular formula is C20H17BrF2N3O3P. The van der Waals surface area contributed by atoms with Crippen LogP contribution in [0.15, 0.2) is 71.3 Å². The third-order valence-corrected chi connectivity index (χ3v) is 6.55. The van der Waals surface area contributed by atoms with Crippen LogP contribution in [0.2, 0.25) is 0 Å². The van der Waals surface area contributed by atoms with Gasteiger partial charge in [-0.05, 0) is 35.9 Å². The second-order valence-corrected chi connectivity index (χ2v) is 9.50. The molecule has 0 aliphatic carbocycles. The number of para-hydroxylation sites is 2. The molecule has 0 bridgehead atoms. The summed E-state index contributed by atoms with van der Waals surface area (Å²) in [5, 5.41) is 6.88. The molecule has 4 N–H and O–H groups in total. The highest BCUT2D eigenvalue weighted by atomic mass is 79.9. The second kappa shape index (κ2) is 7.42. The van der Waals surface area contributed by atoms with E-state index in [-0.39, 0.29) is 4.47 Å². The molecule has 4 rings (SSSR count). The first-order chi connectivity index (χ1) is 14.1. The van der Waals surface area contributed by atoms with Crippen molar-refractivity contribution >= 4 is 34.9 Å². The van der Waals surface area contributed by atoms with Crippen molar-refractivity contribution in [2.24, 2.45) is 0 Å². The van der Waals surface area contributed by atoms with Crippen molar-refractivity contribution in [2.45, 2.75) is 17.7 Å². The molecule has 1 aliphatic rings. The van der Waals surface area contributed by atoms with Crippen LogP contribution in [0.25, 0.3) is 0 Å². The van der Waals surface area contributed by atoms with E-state index in [4.69, 9.17) is 9.79 Å². The zero-order valence-corrected chi connectivity index (χ0v) is 17.9. The van der Waals surface area contributed by atoms with Gasteiger partial charge >= 0.3 is 13.3 Å². The molecule has 0 unspecified atom stereocenters. The van der Waals surface area contributed by atoms with Crippen molar-refractivity contribution in [3.05, 3.63) is 88.2 Å². The lowest BCUT2D eigenvalue weighted by atomic mass is 9.95. The minimum absolute atomic E-state index is 0.0833. The SMILES string of the molecule is O=P(O)(O)C(F)(F)c1ccc(CC2(c3ccccn3)Nc3ccccc3N2)cc1Br. The molecule has 0 saturated heterocycles. The van der Waals surface area contributed by atoms with Crippen LogP contribution < -0.4 is 10.6 Å². The lowest BCUT2D eigenvalue weighted by molar-refractivity contribution is 0.0557. The average Bonchev–Trinajstić information content (AvgIpc) is 3.07. The smallest absolute Gasteiger partial charge is 0.356 e. The number of alkyl halides is 2. The van der Waals surface area contributed by atoms with Crippen LogP contribution in [-0.2, 0) is 22.3 Å². The van der Waals surface area contributed by atoms with Gasteiger partial charge in [0.15, 0.2) is 5.66 Å². The number of halogens is 3. The van der Waals surface area contributed by atoms with Crippen molar-refractivity contribution in [1.29, 1.82) is 0 Å². The van der Waals surface area contributed by atoms with Gasteiger partial charge in [-0.3, -0.25) is 9.55 Å². The molecule has 1 aromatic heterocycles. The summed E-state index contributed by atoms with van der Waals surface area (Å²) in [5.41, 5.74) is -2.74. The van der Waals surface area contributed by atoms with Gasteiger partial charge in [-0.1, -0.05) is 46.3 Å². The largest absolute Gasteiger partial charge is 0.399 e. The number of hydrogen-bond acceptors (Lipinski definition) is 4. The van der Waals surface area contributed by atoms with Crippen LogP contribution >= 0.6 is 23.5 Å². The molecule has 10 heteroatoms. The first-order valence-electron chi connectivity index (χ1n) is 8.92. The first kappa shape index (κ1) is 20.9. The number of anilines is 2. The quantitative estimate of drug-likeness (QED) is 0.372. The van der Waals surface area contributed by atoms with Crippen LogP contribution in [0.1, 0.15) is 16.8 Å². The Labute approximate surface area is 179 Å². The minimum Gasteiger partial charge on any atom is -0.356 e. The maximum atomic E-state index is 14.2. The molecule has 0 amide bonds. The first-order valence-corrected chi connectivity index (χ1v) is 11.3. The Balaban J connectivity index is 1.72. The zero-order valence-electron chi connectivity index (χ0n) is 15.4. The van der Waals surface area contributed by atoms with E-state index in [2.05, 4.69) is 31.5 Å². The molecule has 0 saturated carbocycles. The number of hydrogen-bond donors (Lipinski definition) is 4. The van der Waals surface area contributed by atoms with Crippen molar-refractivity contribution in [1.82, 2.24) is 4.98 Å². The van der Waals surface area contributed by atoms with E-state index in [1.165, 1.54) is 12.1 Å². The van der Waals surface area contributed by atoms with Crippen molar-refractivity contribution in [3.63, 3.8) is 0 Å². The fourth-order valence-electron chi connectivity index (χ4n) is 3.49. The molecule has 3 aromatic rings. The normalized spacial score (nSPS) is 15.2. The van der Waals surface area contributed by atoms with Crippen LogP contribution in [0.5, 0.6) is 0 Å². The molecule has 2 heterocycles. The molecular weight excluding hydrogens is 479 g/mol. The summed E-state index contributed by atoms with van der Waals surface area (Å²) in [4.78, 5) is 22.5. The second-order valence-electron chi connectivity index (χ2n) is 6.99. The predicted molar refractivity (Wildman–Crippen MR) is 113 cm³/mol. The number of pyridine rings is 1. The van der Waals surface area contributed by atoms with Gasteiger partial charge in [0.25, 0.3) is 0 Å². The van der Waals surface area contributed by atoms with Gasteiger partial charge in [0.2, 0.25) is 0 Å². The van der Waals surface area contributed by atoms with Gasteiger partial charge in [0.1, 0.15) is 0 Å². The maximum absolute atomic E-state index is 14.2. The molecule has 0 atom stereocenters. The predicted octanol–water partition coefficient (Wildman–Crippen LogP) is 5.00. The third-order valence-electron chi connectivity index (χ3n) is 4.92. The van der Waals surface area contributed by atoms with Crippen molar-refractivity contribution < 1.29 is 23.1 Å². The van der Waals surface area contributed by atoms with Crippen molar-refractivity contribution in [3.8, 4) is 0 Å². The van der Waals surface area contributed by atoms with E-state index in [9.17, 15) is 13.3 Å². The van der Waals surface area contributed by atoms with E-state index in [1.807, 2.05) is 36.4 Å². The highest BCUT2D eigenvalue weighted by molar-refractivity contribution is 9.10. The van der Waals surface area contributed by atoms with Gasteiger partial charge in [-0.2, -0.15) is 8.78 Å². The summed E-state index contributed by atoms with van der Waals surface area (Å²) < 4.78 is 39.4. The number of aromatic nitrogens is 1. The average molecular weight is 496 g/mol. The summed E-state index contributed by atoms with van der Waals surface area (Å²) >= 11 is 3.05. The Morgan fingerprint density at radius 3 is 2.20 bits per heavy atom. The van der Waals surface area contributed by atoms with Crippen LogP contribution in [0, 0.1) is 0 Å². The molecule has 156 valence electrons. The number of nitrogens with zero attached hydrogens (tertiary/aromatic N) is 1. The van der Waals surface area contributed by atoms with Crippen LogP contribution in [-0.4, -0.2) is 14.8 Å². The van der Waals surface area contributed by atoms with E-state index in [0.717, 1.165) is 17.4 Å². The minimum atomic E-state index is -5.66. The lowest BCUT2D eigenvalue weighted by Crippen LogP contribution is -2.41. The van der Waals surface area contributed by atoms with Crippen LogP contribution in [0.3, 0.4) is 0 Å². The summed E-state index contributed by atoms with van der Waals surface area (Å²) in [6.45, 7) is 0. The van der Waals surface area contributed by atoms with Gasteiger partial charge in [-0.15, -0.1) is 0 Å². The van der Waals surface area contributed by atoms with Gasteiger partial charge in [-0.25, -0.2) is 0 Å². The number of fused-ring (bicyclic) bond motifs is 1. The summed E-state index contributed by atoms with van der Waals surface area (Å²) in [7, 11) is -5.66. The summed E-state index contributed by atoms with van der Waals surface area (Å²) in [5.74, 6) is 0. The van der Waals surface area contributed by atoms with Gasteiger partial charge in [0.05, 0.1) is 17.1 Å². The Morgan fingerprint density at radius 1 is 1.03 bits per heavy atom. The molecule has 0 radical (unpaired) electrons. The van der Waals surface area contributed by atoms with Crippen molar-refractivity contribution in [2.75, 3.05) is 10.6 Å². The Hall–Kier alpha value is -2.32. The van der Waals surface area contributed by atoms with E-state index >= 15 is 0 Å².